The molecule has 21 heavy (non-hydrogen) atoms. The number of nitrogens with one attached hydrogen (secondary N) is 1. The van der Waals surface area contributed by atoms with Gasteiger partial charge in [0.15, 0.2) is 0 Å². The Bertz CT molecular complexity index is 607. The Hall–Kier alpha value is -1.81. The SMILES string of the molecule is CCNc1ccc(C)cc1C(=O)N(C)C(C)c1cccs1. The van der Waals surface area contributed by atoms with Crippen LogP contribution in [0.5, 0.6) is 0 Å². The van der Waals surface area contributed by atoms with E-state index in [9.17, 15) is 4.79 Å². The van der Waals surface area contributed by atoms with Crippen LogP contribution in [0.4, 0.5) is 5.69 Å². The van der Waals surface area contributed by atoms with E-state index in [1.807, 2.05) is 50.5 Å². The predicted molar refractivity (Wildman–Crippen MR) is 90.2 cm³/mol. The third-order valence-electron chi connectivity index (χ3n) is 3.63. The summed E-state index contributed by atoms with van der Waals surface area (Å²) in [5, 5.41) is 5.31. The topological polar surface area (TPSA) is 32.3 Å². The molecule has 0 aliphatic carbocycles. The van der Waals surface area contributed by atoms with Crippen LogP contribution in [0.15, 0.2) is 35.7 Å². The standard InChI is InChI=1S/C17H22N2OS/c1-5-18-15-9-8-12(2)11-14(15)17(20)19(4)13(3)16-7-6-10-21-16/h6-11,13,18H,5H2,1-4H3. The Kier molecular flexibility index (Phi) is 5.02. The van der Waals surface area contributed by atoms with Gasteiger partial charge in [0.2, 0.25) is 0 Å². The van der Waals surface area contributed by atoms with E-state index in [1.54, 1.807) is 16.2 Å². The zero-order valence-corrected chi connectivity index (χ0v) is 13.8. The van der Waals surface area contributed by atoms with Gasteiger partial charge in [-0.25, -0.2) is 0 Å². The highest BCUT2D eigenvalue weighted by atomic mass is 32.1. The van der Waals surface area contributed by atoms with Crippen molar-refractivity contribution in [1.82, 2.24) is 4.90 Å². The van der Waals surface area contributed by atoms with Crippen LogP contribution < -0.4 is 5.32 Å². The van der Waals surface area contributed by atoms with Gasteiger partial charge in [-0.2, -0.15) is 0 Å². The first kappa shape index (κ1) is 15.6. The Morgan fingerprint density at radius 1 is 1.38 bits per heavy atom. The number of nitrogens with zero attached hydrogens (tertiary/aromatic N) is 1. The van der Waals surface area contributed by atoms with E-state index in [0.29, 0.717) is 0 Å². The molecule has 1 heterocycles. The smallest absolute Gasteiger partial charge is 0.256 e. The van der Waals surface area contributed by atoms with Crippen molar-refractivity contribution in [3.8, 4) is 0 Å². The molecule has 0 fully saturated rings. The van der Waals surface area contributed by atoms with Gasteiger partial charge < -0.3 is 10.2 Å². The van der Waals surface area contributed by atoms with Crippen molar-refractivity contribution in [3.05, 3.63) is 51.7 Å². The van der Waals surface area contributed by atoms with Crippen LogP contribution >= 0.6 is 11.3 Å². The number of aryl methyl sites for hydroxylation is 1. The summed E-state index contributed by atoms with van der Waals surface area (Å²) < 4.78 is 0. The molecular formula is C17H22N2OS. The molecule has 0 bridgehead atoms. The van der Waals surface area contributed by atoms with Gasteiger partial charge in [0, 0.05) is 24.2 Å². The molecule has 2 rings (SSSR count). The van der Waals surface area contributed by atoms with Crippen molar-refractivity contribution in [2.75, 3.05) is 18.9 Å². The number of benzene rings is 1. The zero-order chi connectivity index (χ0) is 15.4. The lowest BCUT2D eigenvalue weighted by molar-refractivity contribution is 0.0746. The Balaban J connectivity index is 2.28. The number of amides is 1. The van der Waals surface area contributed by atoms with E-state index in [1.165, 1.54) is 4.88 Å². The maximum absolute atomic E-state index is 12.8. The van der Waals surface area contributed by atoms with Crippen molar-refractivity contribution in [1.29, 1.82) is 0 Å². The number of anilines is 1. The molecule has 0 aliphatic rings. The average molecular weight is 302 g/mol. The maximum Gasteiger partial charge on any atom is 0.256 e. The Morgan fingerprint density at radius 3 is 2.76 bits per heavy atom. The minimum absolute atomic E-state index is 0.0514. The highest BCUT2D eigenvalue weighted by molar-refractivity contribution is 7.10. The summed E-state index contributed by atoms with van der Waals surface area (Å²) in [5.41, 5.74) is 2.73. The summed E-state index contributed by atoms with van der Waals surface area (Å²) in [6.07, 6.45) is 0. The number of carbonyl (C=O) groups excluding carboxylic acids is 1. The van der Waals surface area contributed by atoms with Gasteiger partial charge >= 0.3 is 0 Å². The fourth-order valence-corrected chi connectivity index (χ4v) is 3.09. The average Bonchev–Trinajstić information content (AvgIpc) is 3.01. The second kappa shape index (κ2) is 6.76. The number of thiophene rings is 1. The minimum atomic E-state index is 0.0514. The normalized spacial score (nSPS) is 12.0. The van der Waals surface area contributed by atoms with Crippen LogP contribution in [-0.4, -0.2) is 24.4 Å². The maximum atomic E-state index is 12.8. The second-order valence-electron chi connectivity index (χ2n) is 5.19. The number of carbonyl (C=O) groups is 1. The summed E-state index contributed by atoms with van der Waals surface area (Å²) in [7, 11) is 1.87. The lowest BCUT2D eigenvalue weighted by atomic mass is 10.1. The fraction of sp³-hybridized carbons (Fsp3) is 0.353. The summed E-state index contributed by atoms with van der Waals surface area (Å²) in [6.45, 7) is 6.90. The first-order chi connectivity index (χ1) is 10.0. The van der Waals surface area contributed by atoms with Crippen LogP contribution in [0.25, 0.3) is 0 Å². The molecule has 0 saturated heterocycles. The van der Waals surface area contributed by atoms with Gasteiger partial charge in [0.1, 0.15) is 0 Å². The molecule has 4 heteroatoms. The first-order valence-electron chi connectivity index (χ1n) is 7.19. The molecule has 1 amide bonds. The van der Waals surface area contributed by atoms with Crippen molar-refractivity contribution in [2.24, 2.45) is 0 Å². The third kappa shape index (κ3) is 3.45. The summed E-state index contributed by atoms with van der Waals surface area (Å²) in [5.74, 6) is 0.0514. The molecule has 1 atom stereocenters. The highest BCUT2D eigenvalue weighted by Crippen LogP contribution is 2.27. The molecule has 0 saturated carbocycles. The third-order valence-corrected chi connectivity index (χ3v) is 4.67. The van der Waals surface area contributed by atoms with E-state index >= 15 is 0 Å². The highest BCUT2D eigenvalue weighted by Gasteiger charge is 2.21. The van der Waals surface area contributed by atoms with E-state index in [-0.39, 0.29) is 11.9 Å². The van der Waals surface area contributed by atoms with Crippen molar-refractivity contribution in [3.63, 3.8) is 0 Å². The fourth-order valence-electron chi connectivity index (χ4n) is 2.27. The van der Waals surface area contributed by atoms with Gasteiger partial charge in [-0.15, -0.1) is 11.3 Å². The van der Waals surface area contributed by atoms with E-state index in [0.717, 1.165) is 23.4 Å². The van der Waals surface area contributed by atoms with Crippen molar-refractivity contribution in [2.45, 2.75) is 26.8 Å². The molecule has 1 unspecified atom stereocenters. The van der Waals surface area contributed by atoms with Crippen LogP contribution in [-0.2, 0) is 0 Å². The van der Waals surface area contributed by atoms with Crippen LogP contribution in [0.1, 0.15) is 40.7 Å². The van der Waals surface area contributed by atoms with E-state index in [2.05, 4.69) is 18.3 Å². The van der Waals surface area contributed by atoms with Gasteiger partial charge in [-0.1, -0.05) is 17.7 Å². The quantitative estimate of drug-likeness (QED) is 0.892. The molecule has 1 N–H and O–H groups in total. The summed E-state index contributed by atoms with van der Waals surface area (Å²) >= 11 is 1.68. The van der Waals surface area contributed by atoms with Gasteiger partial charge in [0.25, 0.3) is 5.91 Å². The molecule has 3 nitrogen and oxygen atoms in total. The summed E-state index contributed by atoms with van der Waals surface area (Å²) in [6, 6.07) is 10.1. The minimum Gasteiger partial charge on any atom is -0.385 e. The molecular weight excluding hydrogens is 280 g/mol. The first-order valence-corrected chi connectivity index (χ1v) is 8.07. The van der Waals surface area contributed by atoms with Crippen LogP contribution in [0.3, 0.4) is 0 Å². The monoisotopic (exact) mass is 302 g/mol. The van der Waals surface area contributed by atoms with Crippen molar-refractivity contribution < 1.29 is 4.79 Å². The molecule has 0 aliphatic heterocycles. The molecule has 0 radical (unpaired) electrons. The molecule has 1 aromatic heterocycles. The molecule has 1 aromatic carbocycles. The largest absolute Gasteiger partial charge is 0.385 e. The lowest BCUT2D eigenvalue weighted by Crippen LogP contribution is -2.30. The Morgan fingerprint density at radius 2 is 2.14 bits per heavy atom. The number of rotatable bonds is 5. The Labute approximate surface area is 130 Å². The molecule has 2 aromatic rings. The van der Waals surface area contributed by atoms with E-state index in [4.69, 9.17) is 0 Å². The van der Waals surface area contributed by atoms with Gasteiger partial charge in [0.05, 0.1) is 11.6 Å². The van der Waals surface area contributed by atoms with Crippen molar-refractivity contribution >= 4 is 22.9 Å². The molecule has 0 spiro atoms. The second-order valence-corrected chi connectivity index (χ2v) is 6.17. The van der Waals surface area contributed by atoms with Crippen LogP contribution in [0.2, 0.25) is 0 Å². The number of hydrogen-bond donors (Lipinski definition) is 1. The van der Waals surface area contributed by atoms with E-state index < -0.39 is 0 Å². The van der Waals surface area contributed by atoms with Crippen LogP contribution in [0, 0.1) is 6.92 Å². The lowest BCUT2D eigenvalue weighted by Gasteiger charge is -2.25. The van der Waals surface area contributed by atoms with Gasteiger partial charge in [-0.3, -0.25) is 4.79 Å². The predicted octanol–water partition coefficient (Wildman–Crippen LogP) is 4.32. The van der Waals surface area contributed by atoms with Gasteiger partial charge in [-0.05, 0) is 44.4 Å². The summed E-state index contributed by atoms with van der Waals surface area (Å²) in [4.78, 5) is 15.8. The zero-order valence-electron chi connectivity index (χ0n) is 13.0. The number of hydrogen-bond acceptors (Lipinski definition) is 3. The molecule has 112 valence electrons.